The van der Waals surface area contributed by atoms with Crippen LogP contribution in [-0.2, 0) is 6.54 Å². The van der Waals surface area contributed by atoms with Crippen molar-refractivity contribution in [1.29, 1.82) is 0 Å². The molecule has 0 spiro atoms. The molecule has 0 atom stereocenters. The highest BCUT2D eigenvalue weighted by atomic mass is 79.9. The molecule has 1 aromatic carbocycles. The molecule has 0 amide bonds. The maximum atomic E-state index is 13.5. The van der Waals surface area contributed by atoms with Crippen molar-refractivity contribution in [2.75, 3.05) is 5.32 Å². The van der Waals surface area contributed by atoms with Gasteiger partial charge in [0.25, 0.3) is 0 Å². The molecule has 96 valence electrons. The summed E-state index contributed by atoms with van der Waals surface area (Å²) in [4.78, 5) is 2.62. The Morgan fingerprint density at radius 3 is 2.56 bits per heavy atom. The molecular weight excluding hydrogens is 313 g/mol. The van der Waals surface area contributed by atoms with Gasteiger partial charge in [-0.3, -0.25) is 0 Å². The van der Waals surface area contributed by atoms with Crippen molar-refractivity contribution in [3.8, 4) is 0 Å². The van der Waals surface area contributed by atoms with Gasteiger partial charge in [-0.25, -0.2) is 4.39 Å². The van der Waals surface area contributed by atoms with Crippen LogP contribution in [0.2, 0.25) is 0 Å². The summed E-state index contributed by atoms with van der Waals surface area (Å²) < 4.78 is 14.0. The average molecular weight is 328 g/mol. The van der Waals surface area contributed by atoms with Crippen molar-refractivity contribution in [2.24, 2.45) is 0 Å². The van der Waals surface area contributed by atoms with E-state index in [1.54, 1.807) is 17.4 Å². The summed E-state index contributed by atoms with van der Waals surface area (Å²) in [5, 5.41) is 3.30. The van der Waals surface area contributed by atoms with Crippen molar-refractivity contribution in [3.63, 3.8) is 0 Å². The highest BCUT2D eigenvalue weighted by Crippen LogP contribution is 2.26. The second-order valence-electron chi connectivity index (χ2n) is 4.37. The van der Waals surface area contributed by atoms with E-state index in [2.05, 4.69) is 41.2 Å². The number of anilines is 1. The summed E-state index contributed by atoms with van der Waals surface area (Å²) in [5.41, 5.74) is 3.16. The fourth-order valence-corrected chi connectivity index (χ4v) is 3.29. The molecular formula is C14H15BrFNS. The van der Waals surface area contributed by atoms with Crippen molar-refractivity contribution in [3.05, 3.63) is 49.4 Å². The van der Waals surface area contributed by atoms with Crippen LogP contribution >= 0.6 is 27.3 Å². The maximum Gasteiger partial charge on any atom is 0.139 e. The molecule has 0 aliphatic heterocycles. The minimum absolute atomic E-state index is 0.235. The Morgan fingerprint density at radius 2 is 1.94 bits per heavy atom. The quantitative estimate of drug-likeness (QED) is 0.818. The Morgan fingerprint density at radius 1 is 1.22 bits per heavy atom. The van der Waals surface area contributed by atoms with Crippen LogP contribution in [0.5, 0.6) is 0 Å². The molecule has 4 heteroatoms. The van der Waals surface area contributed by atoms with Crippen molar-refractivity contribution < 1.29 is 4.39 Å². The van der Waals surface area contributed by atoms with E-state index >= 15 is 0 Å². The van der Waals surface area contributed by atoms with Gasteiger partial charge in [-0.2, -0.15) is 0 Å². The lowest BCUT2D eigenvalue weighted by molar-refractivity contribution is 0.621. The molecule has 1 heterocycles. The van der Waals surface area contributed by atoms with Gasteiger partial charge in [-0.1, -0.05) is 0 Å². The Labute approximate surface area is 119 Å². The molecule has 0 saturated heterocycles. The van der Waals surface area contributed by atoms with Gasteiger partial charge in [0.1, 0.15) is 5.82 Å². The van der Waals surface area contributed by atoms with E-state index in [1.807, 2.05) is 6.92 Å². The number of nitrogens with one attached hydrogen (secondary N) is 1. The minimum atomic E-state index is -0.235. The molecule has 0 radical (unpaired) electrons. The smallest absolute Gasteiger partial charge is 0.139 e. The number of halogens is 2. The van der Waals surface area contributed by atoms with Gasteiger partial charge in [0, 0.05) is 22.0 Å². The van der Waals surface area contributed by atoms with Crippen LogP contribution < -0.4 is 5.32 Å². The van der Waals surface area contributed by atoms with E-state index in [9.17, 15) is 4.39 Å². The highest BCUT2D eigenvalue weighted by molar-refractivity contribution is 9.10. The van der Waals surface area contributed by atoms with Gasteiger partial charge in [0.2, 0.25) is 0 Å². The molecule has 0 aliphatic rings. The van der Waals surface area contributed by atoms with E-state index < -0.39 is 0 Å². The molecule has 0 fully saturated rings. The van der Waals surface area contributed by atoms with Crippen LogP contribution in [0, 0.1) is 26.6 Å². The largest absolute Gasteiger partial charge is 0.381 e. The third-order valence-corrected chi connectivity index (χ3v) is 4.50. The molecule has 0 aliphatic carbocycles. The fraction of sp³-hybridized carbons (Fsp3) is 0.286. The lowest BCUT2D eigenvalue weighted by Gasteiger charge is -2.10. The molecule has 0 saturated carbocycles. The first kappa shape index (κ1) is 13.6. The first-order valence-electron chi connectivity index (χ1n) is 5.73. The SMILES string of the molecule is Cc1cc(CNc2cc(F)c(Br)cc2C)c(C)s1. The molecule has 2 rings (SSSR count). The number of benzene rings is 1. The monoisotopic (exact) mass is 327 g/mol. The van der Waals surface area contributed by atoms with Gasteiger partial charge >= 0.3 is 0 Å². The summed E-state index contributed by atoms with van der Waals surface area (Å²) in [7, 11) is 0. The molecule has 0 unspecified atom stereocenters. The summed E-state index contributed by atoms with van der Waals surface area (Å²) in [6, 6.07) is 5.51. The molecule has 18 heavy (non-hydrogen) atoms. The van der Waals surface area contributed by atoms with Crippen LogP contribution in [0.4, 0.5) is 10.1 Å². The first-order valence-corrected chi connectivity index (χ1v) is 7.33. The van der Waals surface area contributed by atoms with Crippen LogP contribution in [0.3, 0.4) is 0 Å². The van der Waals surface area contributed by atoms with Crippen LogP contribution in [0.25, 0.3) is 0 Å². The summed E-state index contributed by atoms with van der Waals surface area (Å²) in [6.07, 6.45) is 0. The van der Waals surface area contributed by atoms with Gasteiger partial charge in [0.05, 0.1) is 4.47 Å². The normalized spacial score (nSPS) is 10.7. The van der Waals surface area contributed by atoms with Gasteiger partial charge < -0.3 is 5.32 Å². The number of thiophene rings is 1. The van der Waals surface area contributed by atoms with Gasteiger partial charge in [-0.15, -0.1) is 11.3 Å². The second-order valence-corrected chi connectivity index (χ2v) is 6.69. The minimum Gasteiger partial charge on any atom is -0.381 e. The van der Waals surface area contributed by atoms with Crippen molar-refractivity contribution in [2.45, 2.75) is 27.3 Å². The fourth-order valence-electron chi connectivity index (χ4n) is 1.89. The number of hydrogen-bond donors (Lipinski definition) is 1. The van der Waals surface area contributed by atoms with Crippen molar-refractivity contribution in [1.82, 2.24) is 0 Å². The predicted octanol–water partition coefficient (Wildman–Crippen LogP) is 5.19. The molecule has 0 bridgehead atoms. The van der Waals surface area contributed by atoms with E-state index in [4.69, 9.17) is 0 Å². The summed E-state index contributed by atoms with van der Waals surface area (Å²) in [5.74, 6) is -0.235. The molecule has 2 aromatic rings. The van der Waals surface area contributed by atoms with Crippen molar-refractivity contribution >= 4 is 33.0 Å². The zero-order chi connectivity index (χ0) is 13.3. The van der Waals surface area contributed by atoms with Gasteiger partial charge in [-0.05, 0) is 66.0 Å². The van der Waals surface area contributed by atoms with Crippen LogP contribution in [0.1, 0.15) is 20.9 Å². The van der Waals surface area contributed by atoms with Crippen LogP contribution in [-0.4, -0.2) is 0 Å². The second kappa shape index (κ2) is 5.41. The van der Waals surface area contributed by atoms with Crippen LogP contribution in [0.15, 0.2) is 22.7 Å². The topological polar surface area (TPSA) is 12.0 Å². The standard InChI is InChI=1S/C14H15BrFNS/c1-8-4-12(15)13(16)6-14(8)17-7-11-5-9(2)18-10(11)3/h4-6,17H,7H2,1-3H3. The van der Waals surface area contributed by atoms with Gasteiger partial charge in [0.15, 0.2) is 0 Å². The predicted molar refractivity (Wildman–Crippen MR) is 80.0 cm³/mol. The number of hydrogen-bond acceptors (Lipinski definition) is 2. The Balaban J connectivity index is 2.15. The Hall–Kier alpha value is -0.870. The zero-order valence-electron chi connectivity index (χ0n) is 10.6. The zero-order valence-corrected chi connectivity index (χ0v) is 13.0. The maximum absolute atomic E-state index is 13.5. The summed E-state index contributed by atoms with van der Waals surface area (Å²) in [6.45, 7) is 6.92. The average Bonchev–Trinajstić information content (AvgIpc) is 2.61. The highest BCUT2D eigenvalue weighted by Gasteiger charge is 2.07. The number of rotatable bonds is 3. The Kier molecular flexibility index (Phi) is 4.07. The van der Waals surface area contributed by atoms with E-state index in [1.165, 1.54) is 21.4 Å². The summed E-state index contributed by atoms with van der Waals surface area (Å²) >= 11 is 4.98. The molecule has 1 N–H and O–H groups in total. The lowest BCUT2D eigenvalue weighted by atomic mass is 10.2. The van der Waals surface area contributed by atoms with E-state index in [-0.39, 0.29) is 5.82 Å². The lowest BCUT2D eigenvalue weighted by Crippen LogP contribution is -2.02. The first-order chi connectivity index (χ1) is 8.47. The number of aryl methyl sites for hydroxylation is 3. The van der Waals surface area contributed by atoms with E-state index in [0.29, 0.717) is 4.47 Å². The van der Waals surface area contributed by atoms with E-state index in [0.717, 1.165) is 17.8 Å². The molecule has 1 aromatic heterocycles. The third kappa shape index (κ3) is 2.93. The third-order valence-electron chi connectivity index (χ3n) is 2.88. The molecule has 1 nitrogen and oxygen atoms in total. The Bertz CT molecular complexity index is 577.